The van der Waals surface area contributed by atoms with Crippen molar-refractivity contribution in [2.75, 3.05) is 13.1 Å². The molecular weight excluding hydrogens is 304 g/mol. The standard InChI is InChI=1S/C18H26N4S/c1-4-21-17(16-8-6-5-7-15(16)3)19-22(18(21)23)13-20-11-9-14(2)10-12-20/h5-8,14H,4,9-13H2,1-3H3. The summed E-state index contributed by atoms with van der Waals surface area (Å²) in [6.07, 6.45) is 2.54. The summed E-state index contributed by atoms with van der Waals surface area (Å²) >= 11 is 5.68. The van der Waals surface area contributed by atoms with Gasteiger partial charge in [0.15, 0.2) is 10.6 Å². The highest BCUT2D eigenvalue weighted by atomic mass is 32.1. The van der Waals surface area contributed by atoms with Crippen molar-refractivity contribution in [2.24, 2.45) is 5.92 Å². The quantitative estimate of drug-likeness (QED) is 0.790. The third kappa shape index (κ3) is 3.40. The highest BCUT2D eigenvalue weighted by molar-refractivity contribution is 7.71. The number of piperidine rings is 1. The molecule has 1 aliphatic heterocycles. The van der Waals surface area contributed by atoms with Crippen molar-refractivity contribution < 1.29 is 0 Å². The SMILES string of the molecule is CCn1c(-c2ccccc2C)nn(CN2CCC(C)CC2)c1=S. The maximum absolute atomic E-state index is 5.68. The van der Waals surface area contributed by atoms with Gasteiger partial charge in [0, 0.05) is 25.2 Å². The van der Waals surface area contributed by atoms with Crippen LogP contribution in [0.4, 0.5) is 0 Å². The lowest BCUT2D eigenvalue weighted by Gasteiger charge is -2.29. The Morgan fingerprint density at radius 1 is 1.22 bits per heavy atom. The minimum Gasteiger partial charge on any atom is -0.300 e. The van der Waals surface area contributed by atoms with Crippen LogP contribution in [-0.2, 0) is 13.2 Å². The molecule has 4 nitrogen and oxygen atoms in total. The number of hydrogen-bond acceptors (Lipinski definition) is 3. The Hall–Kier alpha value is -1.46. The van der Waals surface area contributed by atoms with Gasteiger partial charge in [-0.25, -0.2) is 4.68 Å². The Morgan fingerprint density at radius 3 is 2.57 bits per heavy atom. The molecule has 2 heterocycles. The first kappa shape index (κ1) is 16.4. The molecule has 1 saturated heterocycles. The van der Waals surface area contributed by atoms with Gasteiger partial charge in [-0.2, -0.15) is 5.10 Å². The Bertz CT molecular complexity index is 723. The van der Waals surface area contributed by atoms with E-state index in [2.05, 4.69) is 54.5 Å². The first-order valence-corrected chi connectivity index (χ1v) is 8.97. The minimum absolute atomic E-state index is 0.803. The molecule has 0 N–H and O–H groups in total. The number of rotatable bonds is 4. The van der Waals surface area contributed by atoms with Gasteiger partial charge in [0.25, 0.3) is 0 Å². The summed E-state index contributed by atoms with van der Waals surface area (Å²) in [5.74, 6) is 1.83. The van der Waals surface area contributed by atoms with E-state index >= 15 is 0 Å². The van der Waals surface area contributed by atoms with E-state index in [0.717, 1.165) is 42.8 Å². The average Bonchev–Trinajstić information content (AvgIpc) is 2.86. The van der Waals surface area contributed by atoms with Crippen LogP contribution in [0.1, 0.15) is 32.3 Å². The lowest BCUT2D eigenvalue weighted by molar-refractivity contribution is 0.146. The van der Waals surface area contributed by atoms with E-state index in [1.807, 2.05) is 4.68 Å². The Morgan fingerprint density at radius 2 is 1.91 bits per heavy atom. The first-order chi connectivity index (χ1) is 11.1. The van der Waals surface area contributed by atoms with Crippen LogP contribution in [0, 0.1) is 17.6 Å². The molecule has 0 bridgehead atoms. The van der Waals surface area contributed by atoms with Crippen molar-refractivity contribution in [3.05, 3.63) is 34.6 Å². The highest BCUT2D eigenvalue weighted by Gasteiger charge is 2.18. The molecule has 124 valence electrons. The molecule has 0 radical (unpaired) electrons. The molecule has 0 atom stereocenters. The van der Waals surface area contributed by atoms with Gasteiger partial charge in [0.1, 0.15) is 0 Å². The van der Waals surface area contributed by atoms with Crippen LogP contribution < -0.4 is 0 Å². The van der Waals surface area contributed by atoms with E-state index in [9.17, 15) is 0 Å². The summed E-state index contributed by atoms with van der Waals surface area (Å²) in [4.78, 5) is 2.46. The Balaban J connectivity index is 1.91. The van der Waals surface area contributed by atoms with Gasteiger partial charge in [-0.3, -0.25) is 4.90 Å². The van der Waals surface area contributed by atoms with Crippen molar-refractivity contribution in [3.8, 4) is 11.4 Å². The smallest absolute Gasteiger partial charge is 0.199 e. The molecule has 0 amide bonds. The molecule has 1 fully saturated rings. The molecule has 3 rings (SSSR count). The van der Waals surface area contributed by atoms with Crippen molar-refractivity contribution in [3.63, 3.8) is 0 Å². The zero-order valence-corrected chi connectivity index (χ0v) is 15.1. The molecule has 23 heavy (non-hydrogen) atoms. The molecule has 0 saturated carbocycles. The number of benzene rings is 1. The number of nitrogens with zero attached hydrogens (tertiary/aromatic N) is 4. The van der Waals surface area contributed by atoms with E-state index in [1.165, 1.54) is 24.0 Å². The van der Waals surface area contributed by atoms with E-state index in [0.29, 0.717) is 0 Å². The second kappa shape index (κ2) is 6.97. The van der Waals surface area contributed by atoms with Gasteiger partial charge in [-0.05, 0) is 50.4 Å². The van der Waals surface area contributed by atoms with Gasteiger partial charge < -0.3 is 4.57 Å². The molecule has 1 aromatic heterocycles. The minimum atomic E-state index is 0.803. The lowest BCUT2D eigenvalue weighted by atomic mass is 10.00. The predicted octanol–water partition coefficient (Wildman–Crippen LogP) is 4.10. The Labute approximate surface area is 143 Å². The summed E-state index contributed by atoms with van der Waals surface area (Å²) in [5, 5.41) is 4.86. The summed E-state index contributed by atoms with van der Waals surface area (Å²) in [5.41, 5.74) is 2.41. The van der Waals surface area contributed by atoms with E-state index < -0.39 is 0 Å². The van der Waals surface area contributed by atoms with Crippen LogP contribution in [0.3, 0.4) is 0 Å². The molecule has 5 heteroatoms. The van der Waals surface area contributed by atoms with Crippen molar-refractivity contribution in [1.82, 2.24) is 19.2 Å². The second-order valence-corrected chi connectivity index (χ2v) is 6.97. The molecule has 1 aromatic carbocycles. The van der Waals surface area contributed by atoms with Gasteiger partial charge in [0.05, 0.1) is 6.67 Å². The van der Waals surface area contributed by atoms with Gasteiger partial charge >= 0.3 is 0 Å². The van der Waals surface area contributed by atoms with Crippen molar-refractivity contribution in [2.45, 2.75) is 46.8 Å². The fourth-order valence-corrected chi connectivity index (χ4v) is 3.55. The predicted molar refractivity (Wildman–Crippen MR) is 96.9 cm³/mol. The molecule has 2 aromatic rings. The topological polar surface area (TPSA) is 26.0 Å². The van der Waals surface area contributed by atoms with Crippen LogP contribution in [-0.4, -0.2) is 32.3 Å². The molecule has 0 spiro atoms. The lowest BCUT2D eigenvalue weighted by Crippen LogP contribution is -2.34. The van der Waals surface area contributed by atoms with E-state index in [1.54, 1.807) is 0 Å². The van der Waals surface area contributed by atoms with Crippen LogP contribution in [0.2, 0.25) is 0 Å². The van der Waals surface area contributed by atoms with Crippen LogP contribution >= 0.6 is 12.2 Å². The second-order valence-electron chi connectivity index (χ2n) is 6.61. The maximum atomic E-state index is 5.68. The fraction of sp³-hybridized carbons (Fsp3) is 0.556. The van der Waals surface area contributed by atoms with Gasteiger partial charge in [0.2, 0.25) is 0 Å². The largest absolute Gasteiger partial charge is 0.300 e. The maximum Gasteiger partial charge on any atom is 0.199 e. The van der Waals surface area contributed by atoms with Gasteiger partial charge in [-0.1, -0.05) is 31.2 Å². The number of aromatic nitrogens is 3. The number of likely N-dealkylation sites (tertiary alicyclic amines) is 1. The monoisotopic (exact) mass is 330 g/mol. The normalized spacial score (nSPS) is 16.8. The van der Waals surface area contributed by atoms with Crippen LogP contribution in [0.15, 0.2) is 24.3 Å². The first-order valence-electron chi connectivity index (χ1n) is 8.56. The number of aryl methyl sites for hydroxylation is 1. The third-order valence-electron chi connectivity index (χ3n) is 4.84. The summed E-state index contributed by atoms with van der Waals surface area (Å²) < 4.78 is 4.96. The summed E-state index contributed by atoms with van der Waals surface area (Å²) in [6.45, 7) is 10.5. The van der Waals surface area contributed by atoms with Crippen molar-refractivity contribution >= 4 is 12.2 Å². The molecule has 0 aliphatic carbocycles. The average molecular weight is 331 g/mol. The van der Waals surface area contributed by atoms with E-state index in [4.69, 9.17) is 17.3 Å². The van der Waals surface area contributed by atoms with Crippen LogP contribution in [0.5, 0.6) is 0 Å². The van der Waals surface area contributed by atoms with Crippen LogP contribution in [0.25, 0.3) is 11.4 Å². The molecular formula is C18H26N4S. The fourth-order valence-electron chi connectivity index (χ4n) is 3.23. The zero-order valence-electron chi connectivity index (χ0n) is 14.3. The Kier molecular flexibility index (Phi) is 4.97. The summed E-state index contributed by atoms with van der Waals surface area (Å²) in [6, 6.07) is 8.39. The zero-order chi connectivity index (χ0) is 16.4. The van der Waals surface area contributed by atoms with Crippen molar-refractivity contribution in [1.29, 1.82) is 0 Å². The third-order valence-corrected chi connectivity index (χ3v) is 5.27. The molecule has 1 aliphatic rings. The number of hydrogen-bond donors (Lipinski definition) is 0. The highest BCUT2D eigenvalue weighted by Crippen LogP contribution is 2.23. The summed E-state index contributed by atoms with van der Waals surface area (Å²) in [7, 11) is 0. The molecule has 0 unspecified atom stereocenters. The van der Waals surface area contributed by atoms with Gasteiger partial charge in [-0.15, -0.1) is 0 Å². The van der Waals surface area contributed by atoms with E-state index in [-0.39, 0.29) is 0 Å².